The third-order valence-electron chi connectivity index (χ3n) is 4.16. The zero-order chi connectivity index (χ0) is 20.5. The topological polar surface area (TPSA) is 106 Å². The van der Waals surface area contributed by atoms with Gasteiger partial charge in [0.2, 0.25) is 0 Å². The number of carbonyl (C=O) groups excluding carboxylic acids is 2. The first-order chi connectivity index (χ1) is 13.2. The smallest absolute Gasteiger partial charge is 0.256 e. The minimum Gasteiger partial charge on any atom is -0.365 e. The Kier molecular flexibility index (Phi) is 5.35. The van der Waals surface area contributed by atoms with Gasteiger partial charge in [-0.05, 0) is 36.8 Å². The van der Waals surface area contributed by atoms with E-state index in [4.69, 9.17) is 5.73 Å². The van der Waals surface area contributed by atoms with Gasteiger partial charge in [0.1, 0.15) is 5.00 Å². The van der Waals surface area contributed by atoms with E-state index in [1.807, 2.05) is 37.3 Å². The molecule has 0 fully saturated rings. The first-order valence-corrected chi connectivity index (χ1v) is 11.0. The van der Waals surface area contributed by atoms with Gasteiger partial charge in [0, 0.05) is 22.3 Å². The number of benzene rings is 2. The van der Waals surface area contributed by atoms with Crippen molar-refractivity contribution in [3.8, 4) is 11.1 Å². The lowest BCUT2D eigenvalue weighted by molar-refractivity contribution is 0.100. The first-order valence-electron chi connectivity index (χ1n) is 8.28. The van der Waals surface area contributed by atoms with E-state index < -0.39 is 21.7 Å². The molecule has 0 aliphatic rings. The molecule has 28 heavy (non-hydrogen) atoms. The highest BCUT2D eigenvalue weighted by Crippen LogP contribution is 2.39. The average molecular weight is 415 g/mol. The fraction of sp³-hybridized carbons (Fsp3) is 0.100. The van der Waals surface area contributed by atoms with Crippen molar-refractivity contribution in [1.82, 2.24) is 0 Å². The van der Waals surface area contributed by atoms with E-state index in [0.717, 1.165) is 16.7 Å². The van der Waals surface area contributed by atoms with E-state index in [1.54, 1.807) is 0 Å². The molecule has 3 N–H and O–H groups in total. The van der Waals surface area contributed by atoms with E-state index in [2.05, 4.69) is 5.32 Å². The zero-order valence-corrected chi connectivity index (χ0v) is 16.9. The molecule has 0 unspecified atom stereocenters. The van der Waals surface area contributed by atoms with Crippen LogP contribution in [0.5, 0.6) is 0 Å². The van der Waals surface area contributed by atoms with Crippen molar-refractivity contribution < 1.29 is 18.0 Å². The summed E-state index contributed by atoms with van der Waals surface area (Å²) < 4.78 is 23.1. The number of primary amides is 1. The monoisotopic (exact) mass is 414 g/mol. The molecule has 6 nitrogen and oxygen atoms in total. The summed E-state index contributed by atoms with van der Waals surface area (Å²) >= 11 is 1.27. The molecule has 2 aromatic carbocycles. The average Bonchev–Trinajstić information content (AvgIpc) is 2.97. The molecule has 0 saturated heterocycles. The Balaban J connectivity index is 1.96. The highest BCUT2D eigenvalue weighted by molar-refractivity contribution is 7.90. The maximum absolute atomic E-state index is 12.6. The summed E-state index contributed by atoms with van der Waals surface area (Å²) in [5.74, 6) is -1.09. The van der Waals surface area contributed by atoms with Crippen LogP contribution in [0, 0.1) is 6.92 Å². The Hall–Kier alpha value is -2.97. The van der Waals surface area contributed by atoms with Crippen molar-refractivity contribution in [1.29, 1.82) is 0 Å². The van der Waals surface area contributed by atoms with Gasteiger partial charge in [-0.15, -0.1) is 11.3 Å². The standard InChI is InChI=1S/C20H18N2O4S2/c1-12-16(13-6-4-3-5-7-13)17(18(21)23)20(27-12)22-19(24)14-8-10-15(11-9-14)28(2,25)26/h3-11H,1-2H3,(H2,21,23)(H,22,24). The maximum Gasteiger partial charge on any atom is 0.256 e. The lowest BCUT2D eigenvalue weighted by atomic mass is 10.0. The van der Waals surface area contributed by atoms with E-state index >= 15 is 0 Å². The summed E-state index contributed by atoms with van der Waals surface area (Å²) in [5, 5.41) is 3.09. The molecular weight excluding hydrogens is 396 g/mol. The quantitative estimate of drug-likeness (QED) is 0.666. The second-order valence-electron chi connectivity index (χ2n) is 6.22. The number of carbonyl (C=O) groups is 2. The molecule has 1 aromatic heterocycles. The van der Waals surface area contributed by atoms with Gasteiger partial charge in [-0.2, -0.15) is 0 Å². The van der Waals surface area contributed by atoms with Gasteiger partial charge in [-0.3, -0.25) is 9.59 Å². The molecule has 144 valence electrons. The number of sulfone groups is 1. The van der Waals surface area contributed by atoms with E-state index in [1.165, 1.54) is 35.6 Å². The number of aryl methyl sites for hydroxylation is 1. The SMILES string of the molecule is Cc1sc(NC(=O)c2ccc(S(C)(=O)=O)cc2)c(C(N)=O)c1-c1ccccc1. The number of nitrogens with one attached hydrogen (secondary N) is 1. The molecule has 3 aromatic rings. The van der Waals surface area contributed by atoms with Gasteiger partial charge >= 0.3 is 0 Å². The predicted octanol–water partition coefficient (Wildman–Crippen LogP) is 3.48. The highest BCUT2D eigenvalue weighted by Gasteiger charge is 2.23. The molecule has 0 atom stereocenters. The van der Waals surface area contributed by atoms with Crippen LogP contribution in [-0.2, 0) is 9.84 Å². The fourth-order valence-corrected chi connectivity index (χ4v) is 4.56. The minimum absolute atomic E-state index is 0.125. The van der Waals surface area contributed by atoms with Crippen LogP contribution in [0.1, 0.15) is 25.6 Å². The third-order valence-corrected chi connectivity index (χ3v) is 6.31. The Morgan fingerprint density at radius 1 is 1.00 bits per heavy atom. The molecule has 2 amide bonds. The maximum atomic E-state index is 12.6. The van der Waals surface area contributed by atoms with Gasteiger partial charge < -0.3 is 11.1 Å². The second kappa shape index (κ2) is 7.57. The van der Waals surface area contributed by atoms with Crippen molar-refractivity contribution in [2.45, 2.75) is 11.8 Å². The molecule has 0 spiro atoms. The number of nitrogens with two attached hydrogens (primary N) is 1. The lowest BCUT2D eigenvalue weighted by Gasteiger charge is -2.07. The second-order valence-corrected chi connectivity index (χ2v) is 9.46. The van der Waals surface area contributed by atoms with Crippen LogP contribution in [-0.4, -0.2) is 26.5 Å². The molecule has 0 aliphatic heterocycles. The van der Waals surface area contributed by atoms with Gasteiger partial charge in [0.25, 0.3) is 11.8 Å². The Labute approximate surface area is 166 Å². The van der Waals surface area contributed by atoms with Crippen LogP contribution in [0.2, 0.25) is 0 Å². The number of rotatable bonds is 5. The number of amides is 2. The van der Waals surface area contributed by atoms with Crippen LogP contribution in [0.4, 0.5) is 5.00 Å². The molecule has 0 bridgehead atoms. The Morgan fingerprint density at radius 2 is 1.61 bits per heavy atom. The number of hydrogen-bond acceptors (Lipinski definition) is 5. The van der Waals surface area contributed by atoms with Crippen molar-refractivity contribution in [3.63, 3.8) is 0 Å². The minimum atomic E-state index is -3.35. The molecular formula is C20H18N2O4S2. The molecule has 3 rings (SSSR count). The van der Waals surface area contributed by atoms with Crippen LogP contribution in [0.3, 0.4) is 0 Å². The van der Waals surface area contributed by atoms with Crippen molar-refractivity contribution in [3.05, 3.63) is 70.6 Å². The summed E-state index contributed by atoms with van der Waals surface area (Å²) in [6.45, 7) is 1.86. The van der Waals surface area contributed by atoms with Crippen molar-refractivity contribution >= 4 is 38.0 Å². The van der Waals surface area contributed by atoms with Gasteiger partial charge in [-0.25, -0.2) is 8.42 Å². The van der Waals surface area contributed by atoms with Crippen molar-refractivity contribution in [2.75, 3.05) is 11.6 Å². The number of hydrogen-bond donors (Lipinski definition) is 2. The predicted molar refractivity (Wildman–Crippen MR) is 111 cm³/mol. The normalized spacial score (nSPS) is 11.2. The molecule has 1 heterocycles. The third kappa shape index (κ3) is 3.97. The van der Waals surface area contributed by atoms with E-state index in [-0.39, 0.29) is 16.0 Å². The van der Waals surface area contributed by atoms with Crippen LogP contribution in [0.25, 0.3) is 11.1 Å². The van der Waals surface area contributed by atoms with Gasteiger partial charge in [0.15, 0.2) is 9.84 Å². The zero-order valence-electron chi connectivity index (χ0n) is 15.2. The van der Waals surface area contributed by atoms with E-state index in [9.17, 15) is 18.0 Å². The summed E-state index contributed by atoms with van der Waals surface area (Å²) in [6, 6.07) is 14.9. The van der Waals surface area contributed by atoms with Crippen molar-refractivity contribution in [2.24, 2.45) is 5.73 Å². The van der Waals surface area contributed by atoms with Crippen LogP contribution in [0.15, 0.2) is 59.5 Å². The molecule has 0 saturated carbocycles. The summed E-state index contributed by atoms with van der Waals surface area (Å²) in [4.78, 5) is 25.7. The molecule has 0 radical (unpaired) electrons. The molecule has 8 heteroatoms. The fourth-order valence-electron chi connectivity index (χ4n) is 2.85. The van der Waals surface area contributed by atoms with Gasteiger partial charge in [0.05, 0.1) is 10.5 Å². The van der Waals surface area contributed by atoms with Gasteiger partial charge in [-0.1, -0.05) is 30.3 Å². The first kappa shape index (κ1) is 19.8. The number of anilines is 1. The summed E-state index contributed by atoms with van der Waals surface area (Å²) in [6.07, 6.45) is 1.10. The summed E-state index contributed by atoms with van der Waals surface area (Å²) in [5.41, 5.74) is 7.66. The Bertz CT molecular complexity index is 1150. The summed E-state index contributed by atoms with van der Waals surface area (Å²) in [7, 11) is -3.35. The Morgan fingerprint density at radius 3 is 2.14 bits per heavy atom. The highest BCUT2D eigenvalue weighted by atomic mass is 32.2. The lowest BCUT2D eigenvalue weighted by Crippen LogP contribution is -2.17. The van der Waals surface area contributed by atoms with E-state index in [0.29, 0.717) is 10.6 Å². The molecule has 0 aliphatic carbocycles. The van der Waals surface area contributed by atoms with Crippen LogP contribution < -0.4 is 11.1 Å². The largest absolute Gasteiger partial charge is 0.365 e. The number of thiophene rings is 1. The van der Waals surface area contributed by atoms with Crippen LogP contribution >= 0.6 is 11.3 Å².